The maximum atomic E-state index is 13.7. The molecule has 0 aromatic heterocycles. The van der Waals surface area contributed by atoms with Crippen LogP contribution in [0.2, 0.25) is 0 Å². The highest BCUT2D eigenvalue weighted by Gasteiger charge is 2.16. The molecule has 0 saturated carbocycles. The number of ether oxygens (including phenoxy) is 1. The lowest BCUT2D eigenvalue weighted by molar-refractivity contribution is 0.0696. The van der Waals surface area contributed by atoms with Gasteiger partial charge in [0.1, 0.15) is 17.4 Å². The zero-order chi connectivity index (χ0) is 17.7. The molecule has 0 aliphatic heterocycles. The second-order valence-electron chi connectivity index (χ2n) is 4.94. The lowest BCUT2D eigenvalue weighted by Crippen LogP contribution is -2.15. The van der Waals surface area contributed by atoms with Crippen LogP contribution in [0.3, 0.4) is 0 Å². The number of carbonyl (C=O) groups is 2. The molecule has 0 spiro atoms. The quantitative estimate of drug-likeness (QED) is 0.844. The monoisotopic (exact) mass is 335 g/mol. The van der Waals surface area contributed by atoms with E-state index in [-0.39, 0.29) is 22.6 Å². The van der Waals surface area contributed by atoms with Crippen molar-refractivity contribution in [3.05, 3.63) is 59.2 Å². The first-order valence-corrected chi connectivity index (χ1v) is 7.19. The van der Waals surface area contributed by atoms with E-state index in [0.29, 0.717) is 19.1 Å². The summed E-state index contributed by atoms with van der Waals surface area (Å²) in [7, 11) is 0. The second-order valence-corrected chi connectivity index (χ2v) is 4.94. The molecular weight excluding hydrogens is 320 g/mol. The maximum absolute atomic E-state index is 13.7. The van der Waals surface area contributed by atoms with Gasteiger partial charge in [-0.3, -0.25) is 4.79 Å². The molecule has 0 radical (unpaired) electrons. The number of carbonyl (C=O) groups excluding carboxylic acids is 1. The Balaban J connectivity index is 2.33. The number of anilines is 1. The van der Waals surface area contributed by atoms with E-state index in [9.17, 15) is 18.4 Å². The van der Waals surface area contributed by atoms with E-state index in [1.165, 1.54) is 18.2 Å². The predicted molar refractivity (Wildman–Crippen MR) is 83.5 cm³/mol. The molecule has 0 atom stereocenters. The molecule has 0 fully saturated rings. The van der Waals surface area contributed by atoms with Gasteiger partial charge in [-0.2, -0.15) is 0 Å². The van der Waals surface area contributed by atoms with E-state index in [1.807, 2.05) is 6.92 Å². The fourth-order valence-electron chi connectivity index (χ4n) is 1.96. The van der Waals surface area contributed by atoms with Crippen molar-refractivity contribution in [2.75, 3.05) is 11.9 Å². The highest BCUT2D eigenvalue weighted by atomic mass is 19.1. The molecule has 5 nitrogen and oxygen atoms in total. The Morgan fingerprint density at radius 3 is 2.54 bits per heavy atom. The predicted octanol–water partition coefficient (Wildman–Crippen LogP) is 3.70. The van der Waals surface area contributed by atoms with Crippen LogP contribution in [0.1, 0.15) is 34.1 Å². The third-order valence-corrected chi connectivity index (χ3v) is 3.11. The van der Waals surface area contributed by atoms with Crippen molar-refractivity contribution in [1.82, 2.24) is 0 Å². The standard InChI is InChI=1S/C17H15F2NO4/c1-2-7-24-15-6-3-10(17(22)23)8-14(15)20-16(21)12-5-4-11(18)9-13(12)19/h3-6,8-9H,2,7H2,1H3,(H,20,21)(H,22,23). The first-order valence-electron chi connectivity index (χ1n) is 7.19. The van der Waals surface area contributed by atoms with Crippen LogP contribution < -0.4 is 10.1 Å². The Kier molecular flexibility index (Phi) is 5.47. The number of rotatable bonds is 6. The van der Waals surface area contributed by atoms with Crippen LogP contribution in [0.5, 0.6) is 5.75 Å². The van der Waals surface area contributed by atoms with Crippen LogP contribution in [-0.2, 0) is 0 Å². The van der Waals surface area contributed by atoms with E-state index >= 15 is 0 Å². The van der Waals surface area contributed by atoms with Crippen molar-refractivity contribution < 1.29 is 28.2 Å². The molecule has 2 N–H and O–H groups in total. The average molecular weight is 335 g/mol. The van der Waals surface area contributed by atoms with Crippen molar-refractivity contribution in [2.45, 2.75) is 13.3 Å². The first kappa shape index (κ1) is 17.4. The van der Waals surface area contributed by atoms with Gasteiger partial charge in [-0.1, -0.05) is 6.92 Å². The number of hydrogen-bond donors (Lipinski definition) is 2. The van der Waals surface area contributed by atoms with Gasteiger partial charge in [0, 0.05) is 6.07 Å². The molecule has 0 aliphatic carbocycles. The summed E-state index contributed by atoms with van der Waals surface area (Å²) < 4.78 is 32.1. The molecule has 126 valence electrons. The summed E-state index contributed by atoms with van der Waals surface area (Å²) in [5.41, 5.74) is -0.329. The van der Waals surface area contributed by atoms with Crippen LogP contribution in [-0.4, -0.2) is 23.6 Å². The largest absolute Gasteiger partial charge is 0.491 e. The lowest BCUT2D eigenvalue weighted by Gasteiger charge is -2.13. The number of benzene rings is 2. The van der Waals surface area contributed by atoms with Gasteiger partial charge in [0.15, 0.2) is 0 Å². The summed E-state index contributed by atoms with van der Waals surface area (Å²) in [6.07, 6.45) is 0.709. The van der Waals surface area contributed by atoms with Gasteiger partial charge in [0.2, 0.25) is 0 Å². The van der Waals surface area contributed by atoms with Gasteiger partial charge in [0.25, 0.3) is 5.91 Å². The smallest absolute Gasteiger partial charge is 0.335 e. The zero-order valence-corrected chi connectivity index (χ0v) is 12.8. The molecule has 0 aliphatic rings. The number of amides is 1. The minimum Gasteiger partial charge on any atom is -0.491 e. The fraction of sp³-hybridized carbons (Fsp3) is 0.176. The van der Waals surface area contributed by atoms with Crippen LogP contribution in [0.25, 0.3) is 0 Å². The summed E-state index contributed by atoms with van der Waals surface area (Å²) in [6, 6.07) is 6.52. The Bertz CT molecular complexity index is 777. The number of nitrogens with one attached hydrogen (secondary N) is 1. The molecular formula is C17H15F2NO4. The highest BCUT2D eigenvalue weighted by molar-refractivity contribution is 6.05. The Morgan fingerprint density at radius 1 is 1.17 bits per heavy atom. The van der Waals surface area contributed by atoms with E-state index in [2.05, 4.69) is 5.32 Å². The maximum Gasteiger partial charge on any atom is 0.335 e. The third-order valence-electron chi connectivity index (χ3n) is 3.11. The molecule has 7 heteroatoms. The molecule has 0 bridgehead atoms. The van der Waals surface area contributed by atoms with Gasteiger partial charge < -0.3 is 15.2 Å². The SMILES string of the molecule is CCCOc1ccc(C(=O)O)cc1NC(=O)c1ccc(F)cc1F. The summed E-state index contributed by atoms with van der Waals surface area (Å²) >= 11 is 0. The summed E-state index contributed by atoms with van der Waals surface area (Å²) in [4.78, 5) is 23.2. The normalized spacial score (nSPS) is 10.3. The molecule has 2 aromatic carbocycles. The second kappa shape index (κ2) is 7.54. The Morgan fingerprint density at radius 2 is 1.92 bits per heavy atom. The average Bonchev–Trinajstić information content (AvgIpc) is 2.53. The summed E-state index contributed by atoms with van der Waals surface area (Å²) in [6.45, 7) is 2.25. The molecule has 0 saturated heterocycles. The molecule has 2 aromatic rings. The summed E-state index contributed by atoms with van der Waals surface area (Å²) in [5.74, 6) is -3.57. The van der Waals surface area contributed by atoms with Crippen molar-refractivity contribution in [1.29, 1.82) is 0 Å². The minimum atomic E-state index is -1.18. The number of halogens is 2. The van der Waals surface area contributed by atoms with Crippen LogP contribution >= 0.6 is 0 Å². The Labute approximate surface area is 136 Å². The lowest BCUT2D eigenvalue weighted by atomic mass is 10.1. The van der Waals surface area contributed by atoms with Gasteiger partial charge in [-0.25, -0.2) is 13.6 Å². The van der Waals surface area contributed by atoms with Gasteiger partial charge in [-0.15, -0.1) is 0 Å². The van der Waals surface area contributed by atoms with Gasteiger partial charge in [-0.05, 0) is 36.8 Å². The minimum absolute atomic E-state index is 0.0614. The van der Waals surface area contributed by atoms with E-state index < -0.39 is 23.5 Å². The van der Waals surface area contributed by atoms with Crippen molar-refractivity contribution in [2.24, 2.45) is 0 Å². The molecule has 0 unspecified atom stereocenters. The number of aromatic carboxylic acids is 1. The summed E-state index contributed by atoms with van der Waals surface area (Å²) in [5, 5.41) is 11.4. The first-order chi connectivity index (χ1) is 11.4. The van der Waals surface area contributed by atoms with Gasteiger partial charge >= 0.3 is 5.97 Å². The van der Waals surface area contributed by atoms with Crippen LogP contribution in [0.4, 0.5) is 14.5 Å². The highest BCUT2D eigenvalue weighted by Crippen LogP contribution is 2.27. The van der Waals surface area contributed by atoms with Gasteiger partial charge in [0.05, 0.1) is 23.4 Å². The van der Waals surface area contributed by atoms with Crippen LogP contribution in [0, 0.1) is 11.6 Å². The van der Waals surface area contributed by atoms with Crippen LogP contribution in [0.15, 0.2) is 36.4 Å². The molecule has 2 rings (SSSR count). The molecule has 24 heavy (non-hydrogen) atoms. The number of carboxylic acids is 1. The van der Waals surface area contributed by atoms with E-state index in [1.54, 1.807) is 0 Å². The molecule has 0 heterocycles. The Hall–Kier alpha value is -2.96. The fourth-order valence-corrected chi connectivity index (χ4v) is 1.96. The van der Waals surface area contributed by atoms with Crippen molar-refractivity contribution in [3.8, 4) is 5.75 Å². The third kappa shape index (κ3) is 4.07. The topological polar surface area (TPSA) is 75.6 Å². The number of hydrogen-bond acceptors (Lipinski definition) is 3. The zero-order valence-electron chi connectivity index (χ0n) is 12.8. The van der Waals surface area contributed by atoms with E-state index in [0.717, 1.165) is 12.1 Å². The molecule has 1 amide bonds. The van der Waals surface area contributed by atoms with Crippen molar-refractivity contribution in [3.63, 3.8) is 0 Å². The van der Waals surface area contributed by atoms with E-state index in [4.69, 9.17) is 9.84 Å². The van der Waals surface area contributed by atoms with Crippen molar-refractivity contribution >= 4 is 17.6 Å². The number of carboxylic acid groups (broad SMARTS) is 1.